The summed E-state index contributed by atoms with van der Waals surface area (Å²) in [6, 6.07) is 0. The first kappa shape index (κ1) is 17.7. The second-order valence-corrected chi connectivity index (χ2v) is 9.95. The predicted octanol–water partition coefficient (Wildman–Crippen LogP) is 3.56. The lowest BCUT2D eigenvalue weighted by Crippen LogP contribution is -2.46. The van der Waals surface area contributed by atoms with Crippen molar-refractivity contribution in [3.63, 3.8) is 0 Å². The van der Waals surface area contributed by atoms with Gasteiger partial charge in [-0.3, -0.25) is 0 Å². The van der Waals surface area contributed by atoms with Crippen LogP contribution < -0.4 is 0 Å². The molecule has 134 valence electrons. The minimum Gasteiger partial charge on any atom is -0.389 e. The molecule has 3 aliphatic rings. The number of rotatable bonds is 5. The van der Waals surface area contributed by atoms with E-state index in [1.54, 1.807) is 0 Å². The predicted molar refractivity (Wildman–Crippen MR) is 94.4 cm³/mol. The van der Waals surface area contributed by atoms with Crippen LogP contribution in [0.25, 0.3) is 0 Å². The van der Waals surface area contributed by atoms with Gasteiger partial charge in [0.25, 0.3) is 0 Å². The van der Waals surface area contributed by atoms with Crippen molar-refractivity contribution in [3.05, 3.63) is 0 Å². The molecule has 2 aliphatic carbocycles. The molecule has 0 radical (unpaired) electrons. The van der Waals surface area contributed by atoms with Crippen molar-refractivity contribution in [3.8, 4) is 0 Å². The van der Waals surface area contributed by atoms with E-state index in [1.165, 1.54) is 25.7 Å². The largest absolute Gasteiger partial charge is 0.389 e. The Morgan fingerprint density at radius 1 is 1.17 bits per heavy atom. The van der Waals surface area contributed by atoms with Crippen molar-refractivity contribution < 1.29 is 9.84 Å². The van der Waals surface area contributed by atoms with Crippen LogP contribution in [0.1, 0.15) is 60.3 Å². The van der Waals surface area contributed by atoms with Gasteiger partial charge in [0.2, 0.25) is 0 Å². The smallest absolute Gasteiger partial charge is 0.0900 e. The number of ether oxygens (including phenoxy) is 1. The SMILES string of the molecule is C[C@H]1C[C@H](C)CN(C[C@H](O)CO[C@@H]2C(C)(C)[C@@H]3CC[C@]2(C)C3)C1. The first-order valence-electron chi connectivity index (χ1n) is 9.73. The molecule has 3 heteroatoms. The molecule has 0 spiro atoms. The first-order valence-corrected chi connectivity index (χ1v) is 9.73. The van der Waals surface area contributed by atoms with E-state index in [1.807, 2.05) is 0 Å². The average Bonchev–Trinajstić information content (AvgIpc) is 2.88. The lowest BCUT2D eigenvalue weighted by Gasteiger charge is -2.43. The number of nitrogens with zero attached hydrogens (tertiary/aromatic N) is 1. The van der Waals surface area contributed by atoms with E-state index in [4.69, 9.17) is 4.74 Å². The van der Waals surface area contributed by atoms with Gasteiger partial charge >= 0.3 is 0 Å². The van der Waals surface area contributed by atoms with Crippen molar-refractivity contribution in [2.24, 2.45) is 28.6 Å². The van der Waals surface area contributed by atoms with E-state index < -0.39 is 0 Å². The van der Waals surface area contributed by atoms with E-state index >= 15 is 0 Å². The zero-order chi connectivity index (χ0) is 16.8. The molecule has 0 unspecified atom stereocenters. The van der Waals surface area contributed by atoms with Gasteiger partial charge in [-0.1, -0.05) is 34.6 Å². The molecule has 1 aliphatic heterocycles. The maximum absolute atomic E-state index is 10.5. The standard InChI is InChI=1S/C20H37NO2/c1-14-8-15(2)11-21(10-14)12-17(22)13-23-18-19(3,4)16-6-7-20(18,5)9-16/h14-18,22H,6-13H2,1-5H3/t14-,15-,16+,17-,18+,20+/m0/s1. The van der Waals surface area contributed by atoms with Gasteiger partial charge in [-0.15, -0.1) is 0 Å². The zero-order valence-corrected chi connectivity index (χ0v) is 15.8. The van der Waals surface area contributed by atoms with Crippen molar-refractivity contribution in [2.75, 3.05) is 26.2 Å². The maximum Gasteiger partial charge on any atom is 0.0900 e. The summed E-state index contributed by atoms with van der Waals surface area (Å²) in [5, 5.41) is 10.5. The molecule has 0 aromatic heterocycles. The van der Waals surface area contributed by atoms with E-state index in [0.29, 0.717) is 18.1 Å². The fourth-order valence-corrected chi connectivity index (χ4v) is 6.17. The number of aliphatic hydroxyl groups excluding tert-OH is 1. The molecule has 2 saturated carbocycles. The summed E-state index contributed by atoms with van der Waals surface area (Å²) < 4.78 is 6.34. The van der Waals surface area contributed by atoms with Crippen LogP contribution in [0, 0.1) is 28.6 Å². The zero-order valence-electron chi connectivity index (χ0n) is 15.8. The number of likely N-dealkylation sites (tertiary alicyclic amines) is 1. The number of β-amino-alcohol motifs (C(OH)–C–C–N with tert-alkyl or cyclic N) is 1. The van der Waals surface area contributed by atoms with Crippen molar-refractivity contribution in [1.82, 2.24) is 4.90 Å². The van der Waals surface area contributed by atoms with Crippen LogP contribution >= 0.6 is 0 Å². The number of hydrogen-bond acceptors (Lipinski definition) is 3. The summed E-state index contributed by atoms with van der Waals surface area (Å²) in [5.74, 6) is 2.30. The number of piperidine rings is 1. The van der Waals surface area contributed by atoms with Crippen LogP contribution in [0.4, 0.5) is 0 Å². The molecule has 1 saturated heterocycles. The van der Waals surface area contributed by atoms with Crippen molar-refractivity contribution in [2.45, 2.75) is 72.5 Å². The van der Waals surface area contributed by atoms with Gasteiger partial charge < -0.3 is 14.7 Å². The molecule has 0 amide bonds. The minimum absolute atomic E-state index is 0.265. The lowest BCUT2D eigenvalue weighted by molar-refractivity contribution is -0.114. The Morgan fingerprint density at radius 3 is 2.39 bits per heavy atom. The Balaban J connectivity index is 1.50. The molecule has 3 rings (SSSR count). The highest BCUT2D eigenvalue weighted by Crippen LogP contribution is 2.63. The van der Waals surface area contributed by atoms with Gasteiger partial charge in [0.05, 0.1) is 18.8 Å². The monoisotopic (exact) mass is 323 g/mol. The molecule has 0 aromatic carbocycles. The molecule has 1 heterocycles. The van der Waals surface area contributed by atoms with Gasteiger partial charge in [-0.25, -0.2) is 0 Å². The summed E-state index contributed by atoms with van der Waals surface area (Å²) in [5.41, 5.74) is 0.600. The van der Waals surface area contributed by atoms with Crippen LogP contribution in [0.3, 0.4) is 0 Å². The van der Waals surface area contributed by atoms with Crippen LogP contribution in [0.15, 0.2) is 0 Å². The minimum atomic E-state index is -0.356. The van der Waals surface area contributed by atoms with Crippen LogP contribution in [-0.2, 0) is 4.74 Å². The Bertz CT molecular complexity index is 409. The third-order valence-corrected chi connectivity index (χ3v) is 7.01. The third-order valence-electron chi connectivity index (χ3n) is 7.01. The normalized spacial score (nSPS) is 44.6. The molecule has 3 nitrogen and oxygen atoms in total. The van der Waals surface area contributed by atoms with E-state index in [0.717, 1.165) is 37.4 Å². The molecule has 2 bridgehead atoms. The summed E-state index contributed by atoms with van der Waals surface area (Å²) in [6.07, 6.45) is 5.23. The van der Waals surface area contributed by atoms with E-state index in [-0.39, 0.29) is 11.5 Å². The molecule has 3 fully saturated rings. The first-order chi connectivity index (χ1) is 10.7. The van der Waals surface area contributed by atoms with Gasteiger partial charge in [-0.2, -0.15) is 0 Å². The topological polar surface area (TPSA) is 32.7 Å². The molecule has 6 atom stereocenters. The molecule has 1 N–H and O–H groups in total. The van der Waals surface area contributed by atoms with E-state index in [2.05, 4.69) is 39.5 Å². The van der Waals surface area contributed by atoms with Gasteiger partial charge in [0.15, 0.2) is 0 Å². The van der Waals surface area contributed by atoms with Crippen LogP contribution in [-0.4, -0.2) is 48.5 Å². The van der Waals surface area contributed by atoms with Crippen molar-refractivity contribution in [1.29, 1.82) is 0 Å². The highest BCUT2D eigenvalue weighted by atomic mass is 16.5. The Morgan fingerprint density at radius 2 is 1.83 bits per heavy atom. The van der Waals surface area contributed by atoms with Crippen LogP contribution in [0.5, 0.6) is 0 Å². The quantitative estimate of drug-likeness (QED) is 0.840. The Hall–Kier alpha value is -0.120. The summed E-state index contributed by atoms with van der Waals surface area (Å²) >= 11 is 0. The molecular weight excluding hydrogens is 286 g/mol. The Kier molecular flexibility index (Phi) is 4.85. The van der Waals surface area contributed by atoms with Crippen LogP contribution in [0.2, 0.25) is 0 Å². The maximum atomic E-state index is 10.5. The third kappa shape index (κ3) is 3.48. The molecular formula is C20H37NO2. The summed E-state index contributed by atoms with van der Waals surface area (Å²) in [7, 11) is 0. The van der Waals surface area contributed by atoms with Gasteiger partial charge in [-0.05, 0) is 54.3 Å². The lowest BCUT2D eigenvalue weighted by atomic mass is 9.70. The highest BCUT2D eigenvalue weighted by molar-refractivity contribution is 5.09. The average molecular weight is 324 g/mol. The number of fused-ring (bicyclic) bond motifs is 2. The number of aliphatic hydroxyl groups is 1. The highest BCUT2D eigenvalue weighted by Gasteiger charge is 2.60. The summed E-state index contributed by atoms with van der Waals surface area (Å²) in [4.78, 5) is 2.43. The molecule has 0 aromatic rings. The second kappa shape index (κ2) is 6.31. The fraction of sp³-hybridized carbons (Fsp3) is 1.00. The second-order valence-electron chi connectivity index (χ2n) is 9.95. The van der Waals surface area contributed by atoms with Gasteiger partial charge in [0, 0.05) is 19.6 Å². The molecule has 23 heavy (non-hydrogen) atoms. The van der Waals surface area contributed by atoms with Gasteiger partial charge in [0.1, 0.15) is 0 Å². The van der Waals surface area contributed by atoms with Crippen molar-refractivity contribution >= 4 is 0 Å². The van der Waals surface area contributed by atoms with E-state index in [9.17, 15) is 5.11 Å². The fourth-order valence-electron chi connectivity index (χ4n) is 6.17. The Labute approximate surface area is 142 Å². The number of hydrogen-bond donors (Lipinski definition) is 1. The summed E-state index contributed by atoms with van der Waals surface area (Å²) in [6.45, 7) is 15.3.